The summed E-state index contributed by atoms with van der Waals surface area (Å²) < 4.78 is 0. The number of anilines is 1. The molecule has 3 rings (SSSR count). The number of thiophene rings is 1. The zero-order valence-corrected chi connectivity index (χ0v) is 13.7. The Hall–Kier alpha value is -2.18. The van der Waals surface area contributed by atoms with E-state index in [1.54, 1.807) is 35.4 Å². The van der Waals surface area contributed by atoms with Gasteiger partial charge in [-0.15, -0.1) is 11.3 Å². The van der Waals surface area contributed by atoms with Crippen molar-refractivity contribution in [2.45, 2.75) is 6.42 Å². The summed E-state index contributed by atoms with van der Waals surface area (Å²) in [6, 6.07) is 10.8. The third kappa shape index (κ3) is 3.78. The smallest absolute Gasteiger partial charge is 0.245 e. The van der Waals surface area contributed by atoms with Crippen LogP contribution >= 0.6 is 22.9 Å². The molecule has 0 spiro atoms. The minimum Gasteiger partial charge on any atom is -0.312 e. The number of nitrogens with zero attached hydrogens (tertiary/aromatic N) is 2. The molecule has 2 amide bonds. The molecule has 23 heavy (non-hydrogen) atoms. The summed E-state index contributed by atoms with van der Waals surface area (Å²) in [5.41, 5.74) is 3.25. The maximum atomic E-state index is 12.1. The van der Waals surface area contributed by atoms with Gasteiger partial charge in [-0.2, -0.15) is 5.10 Å². The van der Waals surface area contributed by atoms with Gasteiger partial charge < -0.3 is 4.90 Å². The zero-order chi connectivity index (χ0) is 16.2. The molecule has 1 fully saturated rings. The first-order valence-electron chi connectivity index (χ1n) is 7.06. The lowest BCUT2D eigenvalue weighted by atomic mass is 10.1. The maximum absolute atomic E-state index is 12.1. The second-order valence-electron chi connectivity index (χ2n) is 5.13. The molecule has 118 valence electrons. The molecule has 0 radical (unpaired) electrons. The van der Waals surface area contributed by atoms with Crippen LogP contribution in [0.1, 0.15) is 11.3 Å². The first kappa shape index (κ1) is 15.7. The van der Waals surface area contributed by atoms with Gasteiger partial charge in [0.15, 0.2) is 0 Å². The van der Waals surface area contributed by atoms with E-state index in [0.717, 1.165) is 10.6 Å². The first-order chi connectivity index (χ1) is 11.1. The van der Waals surface area contributed by atoms with Crippen molar-refractivity contribution >= 4 is 46.7 Å². The lowest BCUT2D eigenvalue weighted by Gasteiger charge is -2.16. The monoisotopic (exact) mass is 347 g/mol. The van der Waals surface area contributed by atoms with Gasteiger partial charge in [-0.25, -0.2) is 5.43 Å². The van der Waals surface area contributed by atoms with Gasteiger partial charge in [-0.05, 0) is 35.7 Å². The Morgan fingerprint density at radius 1 is 1.35 bits per heavy atom. The molecule has 1 aromatic heterocycles. The fourth-order valence-corrected chi connectivity index (χ4v) is 3.08. The standard InChI is InChI=1S/C16H14ClN3O2S/c17-12-3-5-13(6-4-12)20-10-11(8-15(20)21)16(22)19-18-9-14-2-1-7-23-14/h1-7,9,11H,8,10H2,(H,19,22)/t11-/m0/s1. The molecule has 1 saturated heterocycles. The van der Waals surface area contributed by atoms with E-state index in [-0.39, 0.29) is 18.2 Å². The van der Waals surface area contributed by atoms with Crippen molar-refractivity contribution in [1.29, 1.82) is 0 Å². The van der Waals surface area contributed by atoms with E-state index in [1.165, 1.54) is 11.3 Å². The van der Waals surface area contributed by atoms with Crippen molar-refractivity contribution in [3.05, 3.63) is 51.7 Å². The van der Waals surface area contributed by atoms with Gasteiger partial charge in [0, 0.05) is 28.6 Å². The van der Waals surface area contributed by atoms with Crippen LogP contribution < -0.4 is 10.3 Å². The van der Waals surface area contributed by atoms with Crippen molar-refractivity contribution in [2.24, 2.45) is 11.0 Å². The summed E-state index contributed by atoms with van der Waals surface area (Å²) >= 11 is 7.38. The fraction of sp³-hybridized carbons (Fsp3) is 0.188. The largest absolute Gasteiger partial charge is 0.312 e. The summed E-state index contributed by atoms with van der Waals surface area (Å²) in [6.07, 6.45) is 1.78. The molecule has 1 atom stereocenters. The topological polar surface area (TPSA) is 61.8 Å². The van der Waals surface area contributed by atoms with Gasteiger partial charge in [-0.3, -0.25) is 9.59 Å². The van der Waals surface area contributed by atoms with Gasteiger partial charge in [-0.1, -0.05) is 17.7 Å². The Morgan fingerprint density at radius 2 is 2.13 bits per heavy atom. The predicted octanol–water partition coefficient (Wildman–Crippen LogP) is 2.90. The number of nitrogens with one attached hydrogen (secondary N) is 1. The molecule has 1 N–H and O–H groups in total. The van der Waals surface area contributed by atoms with Crippen LogP contribution in [0.3, 0.4) is 0 Å². The summed E-state index contributed by atoms with van der Waals surface area (Å²) in [5.74, 6) is -0.726. The Morgan fingerprint density at radius 3 is 2.83 bits per heavy atom. The molecule has 0 saturated carbocycles. The van der Waals surface area contributed by atoms with E-state index in [9.17, 15) is 9.59 Å². The second-order valence-corrected chi connectivity index (χ2v) is 6.55. The highest BCUT2D eigenvalue weighted by Gasteiger charge is 2.35. The van der Waals surface area contributed by atoms with Crippen LogP contribution in [0.5, 0.6) is 0 Å². The van der Waals surface area contributed by atoms with Crippen molar-refractivity contribution in [3.8, 4) is 0 Å². The summed E-state index contributed by atoms with van der Waals surface area (Å²) in [5, 5.41) is 6.47. The number of rotatable bonds is 4. The highest BCUT2D eigenvalue weighted by atomic mass is 35.5. The van der Waals surface area contributed by atoms with Crippen LogP contribution in [0.25, 0.3) is 0 Å². The lowest BCUT2D eigenvalue weighted by Crippen LogP contribution is -2.30. The van der Waals surface area contributed by atoms with Crippen LogP contribution in [0.15, 0.2) is 46.9 Å². The Bertz CT molecular complexity index is 728. The third-order valence-corrected chi connectivity index (χ3v) is 4.60. The van der Waals surface area contributed by atoms with Gasteiger partial charge in [0.2, 0.25) is 11.8 Å². The fourth-order valence-electron chi connectivity index (χ4n) is 2.37. The number of amides is 2. The van der Waals surface area contributed by atoms with E-state index >= 15 is 0 Å². The van der Waals surface area contributed by atoms with Crippen molar-refractivity contribution in [2.75, 3.05) is 11.4 Å². The number of carbonyl (C=O) groups excluding carboxylic acids is 2. The SMILES string of the molecule is O=C(NN=Cc1cccs1)[C@H]1CC(=O)N(c2ccc(Cl)cc2)C1. The van der Waals surface area contributed by atoms with Gasteiger partial charge >= 0.3 is 0 Å². The molecule has 0 bridgehead atoms. The maximum Gasteiger partial charge on any atom is 0.245 e. The average molecular weight is 348 g/mol. The second kappa shape index (κ2) is 6.93. The Labute approximate surface area is 142 Å². The van der Waals surface area contributed by atoms with E-state index in [2.05, 4.69) is 10.5 Å². The number of hydrogen-bond donors (Lipinski definition) is 1. The summed E-state index contributed by atoms with van der Waals surface area (Å²) in [4.78, 5) is 26.8. The van der Waals surface area contributed by atoms with Gasteiger partial charge in [0.05, 0.1) is 12.1 Å². The molecule has 1 aliphatic heterocycles. The lowest BCUT2D eigenvalue weighted by molar-refractivity contribution is -0.126. The van der Waals surface area contributed by atoms with Gasteiger partial charge in [0.25, 0.3) is 0 Å². The predicted molar refractivity (Wildman–Crippen MR) is 92.0 cm³/mol. The van der Waals surface area contributed by atoms with Crippen LogP contribution in [0, 0.1) is 5.92 Å². The quantitative estimate of drug-likeness (QED) is 0.682. The molecule has 0 unspecified atom stereocenters. The number of hydrogen-bond acceptors (Lipinski definition) is 4. The number of halogens is 1. The van der Waals surface area contributed by atoms with Crippen molar-refractivity contribution in [3.63, 3.8) is 0 Å². The van der Waals surface area contributed by atoms with Crippen LogP contribution in [0.2, 0.25) is 5.02 Å². The molecule has 7 heteroatoms. The van der Waals surface area contributed by atoms with E-state index in [4.69, 9.17) is 11.6 Å². The number of carbonyl (C=O) groups is 2. The minimum absolute atomic E-state index is 0.0743. The average Bonchev–Trinajstić information content (AvgIpc) is 3.18. The number of benzene rings is 1. The van der Waals surface area contributed by atoms with Gasteiger partial charge in [0.1, 0.15) is 0 Å². The molecule has 1 aromatic carbocycles. The van der Waals surface area contributed by atoms with Crippen LogP contribution in [0.4, 0.5) is 5.69 Å². The molecule has 0 aliphatic carbocycles. The highest BCUT2D eigenvalue weighted by Crippen LogP contribution is 2.26. The van der Waals surface area contributed by atoms with Crippen LogP contribution in [-0.2, 0) is 9.59 Å². The molecular formula is C16H14ClN3O2S. The van der Waals surface area contributed by atoms with E-state index in [0.29, 0.717) is 11.6 Å². The van der Waals surface area contributed by atoms with E-state index in [1.807, 2.05) is 17.5 Å². The molecular weight excluding hydrogens is 334 g/mol. The zero-order valence-electron chi connectivity index (χ0n) is 12.1. The first-order valence-corrected chi connectivity index (χ1v) is 8.31. The molecule has 2 aromatic rings. The molecule has 1 aliphatic rings. The summed E-state index contributed by atoms with van der Waals surface area (Å²) in [7, 11) is 0. The van der Waals surface area contributed by atoms with Crippen molar-refractivity contribution in [1.82, 2.24) is 5.43 Å². The Balaban J connectivity index is 1.60. The molecule has 5 nitrogen and oxygen atoms in total. The normalized spacial score (nSPS) is 17.9. The highest BCUT2D eigenvalue weighted by molar-refractivity contribution is 7.11. The molecule has 2 heterocycles. The minimum atomic E-state index is -0.404. The van der Waals surface area contributed by atoms with E-state index < -0.39 is 5.92 Å². The summed E-state index contributed by atoms with van der Waals surface area (Å²) in [6.45, 7) is 0.348. The Kier molecular flexibility index (Phi) is 4.73. The van der Waals surface area contributed by atoms with Crippen molar-refractivity contribution < 1.29 is 9.59 Å². The van der Waals surface area contributed by atoms with Crippen LogP contribution in [-0.4, -0.2) is 24.6 Å². The third-order valence-electron chi connectivity index (χ3n) is 3.54. The number of hydrazone groups is 1.